The maximum absolute atomic E-state index is 4.61. The Kier molecular flexibility index (Phi) is 5.34. The lowest BCUT2D eigenvalue weighted by Crippen LogP contribution is -2.38. The summed E-state index contributed by atoms with van der Waals surface area (Å²) in [6.07, 6.45) is 6.29. The van der Waals surface area contributed by atoms with Crippen molar-refractivity contribution in [2.24, 2.45) is 0 Å². The Bertz CT molecular complexity index is 895. The van der Waals surface area contributed by atoms with E-state index in [0.29, 0.717) is 0 Å². The van der Waals surface area contributed by atoms with Crippen molar-refractivity contribution >= 4 is 0 Å². The third kappa shape index (κ3) is 3.24. The lowest BCUT2D eigenvalue weighted by Gasteiger charge is -2.35. The molecular weight excluding hydrogens is 342 g/mol. The van der Waals surface area contributed by atoms with Crippen LogP contribution in [-0.4, -0.2) is 15.0 Å². The highest BCUT2D eigenvalue weighted by Gasteiger charge is 2.39. The van der Waals surface area contributed by atoms with Crippen LogP contribution in [0.5, 0.6) is 0 Å². The number of unbranched alkanes of at least 4 members (excludes halogenated alkanes) is 1. The summed E-state index contributed by atoms with van der Waals surface area (Å²) in [5, 5.41) is 9.06. The average molecular weight is 366 g/mol. The molecule has 0 saturated carbocycles. The third-order valence-electron chi connectivity index (χ3n) is 5.07. The summed E-state index contributed by atoms with van der Waals surface area (Å²) in [4.78, 5) is 0. The van der Waals surface area contributed by atoms with Gasteiger partial charge in [-0.15, -0.1) is 5.10 Å². The minimum atomic E-state index is -0.588. The van der Waals surface area contributed by atoms with Gasteiger partial charge in [0.15, 0.2) is 0 Å². The highest BCUT2D eigenvalue weighted by molar-refractivity contribution is 5.50. The van der Waals surface area contributed by atoms with Gasteiger partial charge >= 0.3 is 0 Å². The molecule has 3 heteroatoms. The summed E-state index contributed by atoms with van der Waals surface area (Å²) < 4.78 is 2.01. The first-order valence-electron chi connectivity index (χ1n) is 9.78. The summed E-state index contributed by atoms with van der Waals surface area (Å²) >= 11 is 0. The van der Waals surface area contributed by atoms with Gasteiger partial charge in [-0.2, -0.15) is 0 Å². The van der Waals surface area contributed by atoms with Crippen LogP contribution < -0.4 is 0 Å². The molecule has 0 unspecified atom stereocenters. The number of hydrogen-bond donors (Lipinski definition) is 0. The van der Waals surface area contributed by atoms with E-state index in [1.54, 1.807) is 0 Å². The maximum atomic E-state index is 4.61. The van der Waals surface area contributed by atoms with E-state index in [-0.39, 0.29) is 0 Å². The Morgan fingerprint density at radius 2 is 1.21 bits per heavy atom. The molecule has 4 aromatic rings. The molecule has 0 atom stereocenters. The number of nitrogens with zero attached hydrogens (tertiary/aromatic N) is 3. The van der Waals surface area contributed by atoms with Crippen molar-refractivity contribution in [3.63, 3.8) is 0 Å². The predicted molar refractivity (Wildman–Crippen MR) is 113 cm³/mol. The zero-order valence-electron chi connectivity index (χ0n) is 16.1. The fourth-order valence-electron chi connectivity index (χ4n) is 3.76. The normalized spacial score (nSPS) is 11.5. The highest BCUT2D eigenvalue weighted by Crippen LogP contribution is 2.40. The smallest absolute Gasteiger partial charge is 0.139 e. The molecule has 139 valence electrons. The second-order valence-electron chi connectivity index (χ2n) is 6.89. The van der Waals surface area contributed by atoms with Crippen LogP contribution in [0, 0.1) is 6.42 Å². The molecule has 1 heterocycles. The van der Waals surface area contributed by atoms with Crippen molar-refractivity contribution in [2.45, 2.75) is 25.3 Å². The van der Waals surface area contributed by atoms with Gasteiger partial charge in [0.05, 0.1) is 11.9 Å². The molecule has 0 fully saturated rings. The molecule has 0 aliphatic carbocycles. The number of aromatic nitrogens is 3. The van der Waals surface area contributed by atoms with Crippen molar-refractivity contribution in [3.8, 4) is 0 Å². The van der Waals surface area contributed by atoms with Crippen molar-refractivity contribution in [3.05, 3.63) is 126 Å². The minimum absolute atomic E-state index is 0.588. The second kappa shape index (κ2) is 8.22. The van der Waals surface area contributed by atoms with Crippen LogP contribution in [0.25, 0.3) is 0 Å². The lowest BCUT2D eigenvalue weighted by atomic mass is 9.77. The van der Waals surface area contributed by atoms with Crippen LogP contribution in [0.2, 0.25) is 0 Å². The van der Waals surface area contributed by atoms with Gasteiger partial charge < -0.3 is 0 Å². The molecule has 3 nitrogen and oxygen atoms in total. The summed E-state index contributed by atoms with van der Waals surface area (Å²) in [7, 11) is 0. The molecule has 0 aliphatic heterocycles. The zero-order chi connectivity index (χ0) is 19.2. The summed E-state index contributed by atoms with van der Waals surface area (Å²) in [6.45, 7) is 2.17. The Hall–Kier alpha value is -3.20. The number of benzene rings is 3. The topological polar surface area (TPSA) is 30.7 Å². The van der Waals surface area contributed by atoms with Gasteiger partial charge in [-0.1, -0.05) is 110 Å². The van der Waals surface area contributed by atoms with Gasteiger partial charge in [-0.05, 0) is 23.1 Å². The van der Waals surface area contributed by atoms with Crippen LogP contribution in [-0.2, 0) is 5.54 Å². The maximum Gasteiger partial charge on any atom is 0.139 e. The molecule has 1 aromatic heterocycles. The fourth-order valence-corrected chi connectivity index (χ4v) is 3.76. The Balaban J connectivity index is 2.00. The van der Waals surface area contributed by atoms with Crippen molar-refractivity contribution in [1.29, 1.82) is 0 Å². The molecule has 0 spiro atoms. The summed E-state index contributed by atoms with van der Waals surface area (Å²) in [5.41, 5.74) is 3.78. The standard InChI is InChI=1S/C25H24N3/c1-2-3-19-24-20-28(27-26-24)25(21-13-7-4-8-14-21,22-15-9-5-10-16-22)23-17-11-6-12-18-23/h4-20H,2-3H2,1H3. The van der Waals surface area contributed by atoms with Crippen molar-refractivity contribution in [2.75, 3.05) is 0 Å². The quantitative estimate of drug-likeness (QED) is 0.406. The van der Waals surface area contributed by atoms with E-state index in [9.17, 15) is 0 Å². The monoisotopic (exact) mass is 366 g/mol. The molecule has 0 aliphatic rings. The molecule has 0 N–H and O–H groups in total. The number of hydrogen-bond acceptors (Lipinski definition) is 2. The van der Waals surface area contributed by atoms with Crippen LogP contribution in [0.15, 0.2) is 97.2 Å². The lowest BCUT2D eigenvalue weighted by molar-refractivity contribution is 0.446. The van der Waals surface area contributed by atoms with Gasteiger partial charge in [0.1, 0.15) is 5.54 Å². The van der Waals surface area contributed by atoms with Gasteiger partial charge in [-0.3, -0.25) is 0 Å². The van der Waals surface area contributed by atoms with E-state index in [0.717, 1.165) is 35.2 Å². The zero-order valence-corrected chi connectivity index (χ0v) is 16.1. The van der Waals surface area contributed by atoms with Gasteiger partial charge in [-0.25, -0.2) is 4.68 Å². The van der Waals surface area contributed by atoms with Gasteiger partial charge in [0.25, 0.3) is 0 Å². The van der Waals surface area contributed by atoms with E-state index < -0.39 is 5.54 Å². The van der Waals surface area contributed by atoms with Gasteiger partial charge in [0.2, 0.25) is 0 Å². The highest BCUT2D eigenvalue weighted by atomic mass is 15.4. The van der Waals surface area contributed by atoms with Crippen LogP contribution >= 0.6 is 0 Å². The van der Waals surface area contributed by atoms with E-state index in [4.69, 9.17) is 0 Å². The summed E-state index contributed by atoms with van der Waals surface area (Å²) in [6, 6.07) is 31.6. The average Bonchev–Trinajstić information content (AvgIpc) is 3.24. The molecule has 28 heavy (non-hydrogen) atoms. The predicted octanol–water partition coefficient (Wildman–Crippen LogP) is 5.47. The Morgan fingerprint density at radius 3 is 1.64 bits per heavy atom. The van der Waals surface area contributed by atoms with E-state index >= 15 is 0 Å². The molecule has 0 bridgehead atoms. The first kappa shape index (κ1) is 18.2. The Morgan fingerprint density at radius 1 is 0.750 bits per heavy atom. The molecule has 3 aromatic carbocycles. The van der Waals surface area contributed by atoms with Crippen LogP contribution in [0.4, 0.5) is 0 Å². The third-order valence-corrected chi connectivity index (χ3v) is 5.07. The molecule has 0 amide bonds. The summed E-state index contributed by atoms with van der Waals surface area (Å²) in [5.74, 6) is 0. The first-order valence-corrected chi connectivity index (χ1v) is 9.78. The molecule has 4 rings (SSSR count). The number of rotatable bonds is 7. The molecule has 0 saturated heterocycles. The van der Waals surface area contributed by atoms with Gasteiger partial charge in [0, 0.05) is 6.42 Å². The van der Waals surface area contributed by atoms with E-state index in [1.165, 1.54) is 0 Å². The van der Waals surface area contributed by atoms with E-state index in [1.807, 2.05) is 22.9 Å². The van der Waals surface area contributed by atoms with Crippen LogP contribution in [0.1, 0.15) is 42.1 Å². The second-order valence-corrected chi connectivity index (χ2v) is 6.89. The SMILES string of the molecule is CCC[CH]c1cn(C(c2ccccc2)(c2ccccc2)c2ccccc2)nn1. The molecular formula is C25H24N3. The fraction of sp³-hybridized carbons (Fsp3) is 0.160. The Labute approximate surface area is 166 Å². The van der Waals surface area contributed by atoms with Crippen molar-refractivity contribution in [1.82, 2.24) is 15.0 Å². The first-order chi connectivity index (χ1) is 13.9. The minimum Gasteiger partial charge on any atom is -0.233 e. The molecule has 1 radical (unpaired) electrons. The van der Waals surface area contributed by atoms with Crippen molar-refractivity contribution < 1.29 is 0 Å². The van der Waals surface area contributed by atoms with E-state index in [2.05, 4.69) is 103 Å². The van der Waals surface area contributed by atoms with Crippen LogP contribution in [0.3, 0.4) is 0 Å². The largest absolute Gasteiger partial charge is 0.233 e.